The van der Waals surface area contributed by atoms with Crippen LogP contribution < -0.4 is 19.1 Å². The molecular weight excluding hydrogens is 613 g/mol. The van der Waals surface area contributed by atoms with Gasteiger partial charge >= 0.3 is 0 Å². The van der Waals surface area contributed by atoms with Crippen LogP contribution in [0, 0.1) is 5.92 Å². The Hall–Kier alpha value is -3.47. The maximum atomic E-state index is 14.3. The van der Waals surface area contributed by atoms with Gasteiger partial charge in [-0.2, -0.15) is 0 Å². The molecule has 0 saturated carbocycles. The van der Waals surface area contributed by atoms with Gasteiger partial charge in [-0.3, -0.25) is 13.9 Å². The van der Waals surface area contributed by atoms with Gasteiger partial charge in [-0.1, -0.05) is 73.4 Å². The molecule has 0 spiro atoms. The number of amides is 2. The average Bonchev–Trinajstić information content (AvgIpc) is 3.46. The zero-order chi connectivity index (χ0) is 31.1. The first-order chi connectivity index (χ1) is 20.5. The second-order valence-electron chi connectivity index (χ2n) is 10.5. The Morgan fingerprint density at radius 2 is 1.70 bits per heavy atom. The van der Waals surface area contributed by atoms with Gasteiger partial charge in [-0.25, -0.2) is 8.42 Å². The molecule has 0 aromatic heterocycles. The van der Waals surface area contributed by atoms with Crippen molar-refractivity contribution >= 4 is 50.7 Å². The number of nitrogens with zero attached hydrogens (tertiary/aromatic N) is 2. The number of fused-ring (bicyclic) bond motifs is 1. The molecule has 4 rings (SSSR count). The highest BCUT2D eigenvalue weighted by Gasteiger charge is 2.34. The van der Waals surface area contributed by atoms with Crippen molar-refractivity contribution in [3.05, 3.63) is 87.9 Å². The molecule has 43 heavy (non-hydrogen) atoms. The third kappa shape index (κ3) is 8.34. The van der Waals surface area contributed by atoms with Crippen molar-refractivity contribution in [2.24, 2.45) is 5.92 Å². The maximum absolute atomic E-state index is 14.3. The summed E-state index contributed by atoms with van der Waals surface area (Å²) in [4.78, 5) is 29.4. The number of anilines is 1. The molecule has 3 aromatic carbocycles. The van der Waals surface area contributed by atoms with Crippen LogP contribution in [0.1, 0.15) is 31.9 Å². The van der Waals surface area contributed by atoms with E-state index in [1.807, 2.05) is 44.2 Å². The summed E-state index contributed by atoms with van der Waals surface area (Å²) >= 11 is 12.6. The monoisotopic (exact) mass is 647 g/mol. The number of nitrogens with one attached hydrogen (secondary N) is 1. The molecule has 9 nitrogen and oxygen atoms in total. The van der Waals surface area contributed by atoms with E-state index in [4.69, 9.17) is 32.7 Å². The fourth-order valence-electron chi connectivity index (χ4n) is 4.57. The van der Waals surface area contributed by atoms with Crippen LogP contribution >= 0.6 is 23.2 Å². The molecule has 0 radical (unpaired) electrons. The van der Waals surface area contributed by atoms with Crippen molar-refractivity contribution in [3.63, 3.8) is 0 Å². The largest absolute Gasteiger partial charge is 0.454 e. The second kappa shape index (κ2) is 14.3. The second-order valence-corrected chi connectivity index (χ2v) is 13.6. The summed E-state index contributed by atoms with van der Waals surface area (Å²) in [5.41, 5.74) is 1.64. The summed E-state index contributed by atoms with van der Waals surface area (Å²) in [7, 11) is -3.93. The lowest BCUT2D eigenvalue weighted by molar-refractivity contribution is -0.140. The zero-order valence-corrected chi connectivity index (χ0v) is 26.6. The number of hydrogen-bond acceptors (Lipinski definition) is 6. The number of halogens is 2. The minimum atomic E-state index is -3.93. The van der Waals surface area contributed by atoms with Crippen molar-refractivity contribution in [3.8, 4) is 11.5 Å². The fraction of sp³-hybridized carbons (Fsp3) is 0.355. The van der Waals surface area contributed by atoms with E-state index in [9.17, 15) is 18.0 Å². The van der Waals surface area contributed by atoms with E-state index < -0.39 is 28.5 Å². The lowest BCUT2D eigenvalue weighted by Crippen LogP contribution is -2.54. The van der Waals surface area contributed by atoms with Crippen LogP contribution in [0.4, 0.5) is 5.69 Å². The van der Waals surface area contributed by atoms with Crippen LogP contribution in [0.5, 0.6) is 11.5 Å². The molecule has 0 aliphatic carbocycles. The van der Waals surface area contributed by atoms with Crippen LogP contribution in [0.3, 0.4) is 0 Å². The van der Waals surface area contributed by atoms with E-state index in [1.165, 1.54) is 17.9 Å². The van der Waals surface area contributed by atoms with Crippen LogP contribution in [0.15, 0.2) is 66.7 Å². The average molecular weight is 649 g/mol. The van der Waals surface area contributed by atoms with Gasteiger partial charge in [-0.15, -0.1) is 0 Å². The number of benzene rings is 3. The Balaban J connectivity index is 1.76. The molecule has 1 aliphatic heterocycles. The third-order valence-corrected chi connectivity index (χ3v) is 9.26. The smallest absolute Gasteiger partial charge is 0.244 e. The molecule has 1 aliphatic rings. The molecule has 0 fully saturated rings. The van der Waals surface area contributed by atoms with Gasteiger partial charge in [0.05, 0.1) is 11.4 Å². The van der Waals surface area contributed by atoms with Crippen molar-refractivity contribution < 1.29 is 27.5 Å². The summed E-state index contributed by atoms with van der Waals surface area (Å²) in [6, 6.07) is 18.0. The topological polar surface area (TPSA) is 105 Å². The normalized spacial score (nSPS) is 13.1. The Kier molecular flexibility index (Phi) is 10.8. The van der Waals surface area contributed by atoms with Crippen LogP contribution in [0.25, 0.3) is 0 Å². The molecule has 1 N–H and O–H groups in total. The van der Waals surface area contributed by atoms with Crippen molar-refractivity contribution in [2.45, 2.75) is 39.8 Å². The SMILES string of the molecule is CCS(=O)(=O)N(CC(=O)N(Cc1ccc(Cl)cc1Cl)C(Cc1ccccc1)C(=O)NCC(C)C)c1ccc2c(c1)OCO2. The molecule has 0 saturated heterocycles. The zero-order valence-electron chi connectivity index (χ0n) is 24.3. The minimum Gasteiger partial charge on any atom is -0.454 e. The molecule has 1 heterocycles. The van der Waals surface area contributed by atoms with Gasteiger partial charge in [0.2, 0.25) is 28.6 Å². The van der Waals surface area contributed by atoms with Crippen LogP contribution in [-0.2, 0) is 32.6 Å². The number of carbonyl (C=O) groups is 2. The summed E-state index contributed by atoms with van der Waals surface area (Å²) in [6.45, 7) is 5.26. The highest BCUT2D eigenvalue weighted by Crippen LogP contribution is 2.36. The van der Waals surface area contributed by atoms with Gasteiger partial charge in [0.15, 0.2) is 11.5 Å². The molecule has 230 valence electrons. The van der Waals surface area contributed by atoms with E-state index in [2.05, 4.69) is 5.32 Å². The highest BCUT2D eigenvalue weighted by molar-refractivity contribution is 7.92. The Labute approximate surface area is 262 Å². The summed E-state index contributed by atoms with van der Waals surface area (Å²) in [5.74, 6) is -0.161. The van der Waals surface area contributed by atoms with Crippen molar-refractivity contribution in [1.29, 1.82) is 0 Å². The molecule has 3 aromatic rings. The molecule has 2 amide bonds. The van der Waals surface area contributed by atoms with Gasteiger partial charge in [0.25, 0.3) is 0 Å². The first-order valence-electron chi connectivity index (χ1n) is 13.9. The highest BCUT2D eigenvalue weighted by atomic mass is 35.5. The number of ether oxygens (including phenoxy) is 2. The molecule has 1 atom stereocenters. The van der Waals surface area contributed by atoms with E-state index in [0.717, 1.165) is 9.87 Å². The Morgan fingerprint density at radius 1 is 0.977 bits per heavy atom. The first kappa shape index (κ1) is 32.4. The van der Waals surface area contributed by atoms with Crippen molar-refractivity contribution in [1.82, 2.24) is 10.2 Å². The molecular formula is C31H35Cl2N3O6S. The fourth-order valence-corrected chi connectivity index (χ4v) is 6.09. The first-order valence-corrected chi connectivity index (χ1v) is 16.3. The number of sulfonamides is 1. The van der Waals surface area contributed by atoms with Crippen LogP contribution in [0.2, 0.25) is 10.0 Å². The maximum Gasteiger partial charge on any atom is 0.244 e. The van der Waals surface area contributed by atoms with Crippen LogP contribution in [-0.4, -0.2) is 56.8 Å². The predicted octanol–water partition coefficient (Wildman–Crippen LogP) is 5.29. The van der Waals surface area contributed by atoms with E-state index in [-0.39, 0.29) is 43.0 Å². The third-order valence-electron chi connectivity index (χ3n) is 6.94. The molecule has 1 unspecified atom stereocenters. The van der Waals surface area contributed by atoms with Gasteiger partial charge in [-0.05, 0) is 48.2 Å². The Bertz CT molecular complexity index is 1550. The number of hydrogen-bond donors (Lipinski definition) is 1. The Morgan fingerprint density at radius 3 is 2.37 bits per heavy atom. The lowest BCUT2D eigenvalue weighted by Gasteiger charge is -2.34. The van der Waals surface area contributed by atoms with E-state index >= 15 is 0 Å². The van der Waals surface area contributed by atoms with Crippen molar-refractivity contribution in [2.75, 3.05) is 29.9 Å². The summed E-state index contributed by atoms with van der Waals surface area (Å²) in [6.07, 6.45) is 0.201. The molecule has 0 bridgehead atoms. The lowest BCUT2D eigenvalue weighted by atomic mass is 10.0. The van der Waals surface area contributed by atoms with Gasteiger partial charge in [0.1, 0.15) is 12.6 Å². The predicted molar refractivity (Wildman–Crippen MR) is 168 cm³/mol. The van der Waals surface area contributed by atoms with Gasteiger partial charge in [0, 0.05) is 35.6 Å². The number of carbonyl (C=O) groups excluding carboxylic acids is 2. The van der Waals surface area contributed by atoms with E-state index in [0.29, 0.717) is 33.7 Å². The van der Waals surface area contributed by atoms with Gasteiger partial charge < -0.3 is 19.7 Å². The van der Waals surface area contributed by atoms with E-state index in [1.54, 1.807) is 30.3 Å². The quantitative estimate of drug-likeness (QED) is 0.270. The summed E-state index contributed by atoms with van der Waals surface area (Å²) in [5, 5.41) is 3.69. The summed E-state index contributed by atoms with van der Waals surface area (Å²) < 4.78 is 38.6. The minimum absolute atomic E-state index is 0.0144. The standard InChI is InChI=1S/C31H35Cl2N3O6S/c1-4-43(39,40)36(25-12-13-28-29(16-25)42-20-41-28)19-30(37)35(18-23-10-11-24(32)15-26(23)33)27(31(38)34-17-21(2)3)14-22-8-6-5-7-9-22/h5-13,15-16,21,27H,4,14,17-20H2,1-3H3,(H,34,38). The molecule has 12 heteroatoms. The number of rotatable bonds is 13.